The Labute approximate surface area is 171 Å². The molecule has 0 amide bonds. The van der Waals surface area contributed by atoms with E-state index in [1.807, 2.05) is 30.3 Å². The number of aromatic amines is 1. The van der Waals surface area contributed by atoms with Gasteiger partial charge in [-0.1, -0.05) is 26.0 Å². The fraction of sp³-hybridized carbons (Fsp3) is 0.333. The summed E-state index contributed by atoms with van der Waals surface area (Å²) in [6.45, 7) is 4.29. The largest absolute Gasteiger partial charge is 0.493 e. The van der Waals surface area contributed by atoms with Crippen LogP contribution in [0, 0.1) is 5.41 Å². The van der Waals surface area contributed by atoms with Crippen molar-refractivity contribution >= 4 is 5.78 Å². The van der Waals surface area contributed by atoms with Gasteiger partial charge in [0.25, 0.3) is 0 Å². The van der Waals surface area contributed by atoms with Crippen LogP contribution >= 0.6 is 0 Å². The first-order chi connectivity index (χ1) is 13.9. The van der Waals surface area contributed by atoms with Crippen LogP contribution in [0.3, 0.4) is 0 Å². The fourth-order valence-corrected chi connectivity index (χ4v) is 4.35. The molecule has 0 bridgehead atoms. The van der Waals surface area contributed by atoms with E-state index in [0.717, 1.165) is 40.1 Å². The predicted octanol–water partition coefficient (Wildman–Crippen LogP) is 4.84. The van der Waals surface area contributed by atoms with Crippen LogP contribution in [0.2, 0.25) is 0 Å². The zero-order valence-electron chi connectivity index (χ0n) is 17.3. The Morgan fingerprint density at radius 1 is 1.07 bits per heavy atom. The van der Waals surface area contributed by atoms with E-state index in [2.05, 4.69) is 23.8 Å². The number of hydrogen-bond acceptors (Lipinski definition) is 4. The van der Waals surface area contributed by atoms with Crippen LogP contribution in [0.15, 0.2) is 42.7 Å². The van der Waals surface area contributed by atoms with Gasteiger partial charge in [-0.3, -0.25) is 9.78 Å². The lowest BCUT2D eigenvalue weighted by Crippen LogP contribution is -2.27. The molecule has 150 valence electrons. The van der Waals surface area contributed by atoms with Gasteiger partial charge in [0.1, 0.15) is 0 Å². The summed E-state index contributed by atoms with van der Waals surface area (Å²) in [4.78, 5) is 20.9. The van der Waals surface area contributed by atoms with Crippen LogP contribution in [0.1, 0.15) is 47.4 Å². The second kappa shape index (κ2) is 7.39. The molecule has 0 saturated heterocycles. The van der Waals surface area contributed by atoms with Crippen molar-refractivity contribution in [3.05, 3.63) is 65.1 Å². The Bertz CT molecular complexity index is 1050. The van der Waals surface area contributed by atoms with Gasteiger partial charge >= 0.3 is 0 Å². The number of fused-ring (bicyclic) bond motifs is 1. The van der Waals surface area contributed by atoms with Gasteiger partial charge in [0.2, 0.25) is 0 Å². The number of ether oxygens (including phenoxy) is 2. The van der Waals surface area contributed by atoms with E-state index in [1.54, 1.807) is 26.6 Å². The molecule has 1 aliphatic rings. The minimum atomic E-state index is -0.0463. The van der Waals surface area contributed by atoms with Crippen LogP contribution in [0.5, 0.6) is 11.5 Å². The lowest BCUT2D eigenvalue weighted by atomic mass is 9.75. The molecule has 0 spiro atoms. The molecule has 1 aliphatic carbocycles. The normalized spacial score (nSPS) is 15.1. The summed E-state index contributed by atoms with van der Waals surface area (Å²) in [6, 6.07) is 9.80. The quantitative estimate of drug-likeness (QED) is 0.677. The summed E-state index contributed by atoms with van der Waals surface area (Å²) >= 11 is 0. The van der Waals surface area contributed by atoms with E-state index in [0.29, 0.717) is 24.3 Å². The smallest absolute Gasteiger partial charge is 0.165 e. The molecule has 0 unspecified atom stereocenters. The fourth-order valence-electron chi connectivity index (χ4n) is 4.35. The third kappa shape index (κ3) is 3.53. The van der Waals surface area contributed by atoms with E-state index >= 15 is 0 Å². The number of nitrogens with zero attached hydrogens (tertiary/aromatic N) is 1. The summed E-state index contributed by atoms with van der Waals surface area (Å²) in [5.74, 6) is 1.59. The summed E-state index contributed by atoms with van der Waals surface area (Å²) in [5, 5.41) is 0. The number of ketones is 1. The number of carbonyl (C=O) groups excluding carboxylic acids is 1. The number of para-hydroxylation sites is 1. The number of H-pyrrole nitrogens is 1. The number of nitrogens with one attached hydrogen (secondary N) is 1. The number of aromatic nitrogens is 2. The van der Waals surface area contributed by atoms with Crippen LogP contribution in [0.4, 0.5) is 0 Å². The van der Waals surface area contributed by atoms with Crippen molar-refractivity contribution in [2.24, 2.45) is 5.41 Å². The Hall–Kier alpha value is -3.08. The van der Waals surface area contributed by atoms with Crippen molar-refractivity contribution in [2.75, 3.05) is 14.2 Å². The number of benzene rings is 1. The molecule has 0 aliphatic heterocycles. The Balaban J connectivity index is 1.89. The highest BCUT2D eigenvalue weighted by Gasteiger charge is 2.35. The Morgan fingerprint density at radius 2 is 1.83 bits per heavy atom. The topological polar surface area (TPSA) is 64.2 Å². The molecule has 0 atom stereocenters. The Kier molecular flexibility index (Phi) is 4.91. The maximum Gasteiger partial charge on any atom is 0.165 e. The van der Waals surface area contributed by atoms with Crippen molar-refractivity contribution < 1.29 is 14.3 Å². The van der Waals surface area contributed by atoms with Gasteiger partial charge in [-0.05, 0) is 35.6 Å². The van der Waals surface area contributed by atoms with Gasteiger partial charge in [0, 0.05) is 47.6 Å². The van der Waals surface area contributed by atoms with Crippen LogP contribution in [0.25, 0.3) is 11.3 Å². The summed E-state index contributed by atoms with van der Waals surface area (Å²) in [6.07, 6.45) is 5.53. The summed E-state index contributed by atoms with van der Waals surface area (Å²) < 4.78 is 11.1. The number of methoxy groups -OCH3 is 2. The van der Waals surface area contributed by atoms with E-state index < -0.39 is 0 Å². The van der Waals surface area contributed by atoms with Crippen LogP contribution in [-0.4, -0.2) is 30.0 Å². The number of pyridine rings is 1. The molecule has 5 heteroatoms. The highest BCUT2D eigenvalue weighted by molar-refractivity contribution is 6.02. The van der Waals surface area contributed by atoms with Crippen molar-refractivity contribution in [1.29, 1.82) is 0 Å². The summed E-state index contributed by atoms with van der Waals surface area (Å²) in [5.41, 5.74) is 5.82. The molecule has 3 aromatic rings. The van der Waals surface area contributed by atoms with Gasteiger partial charge in [-0.25, -0.2) is 0 Å². The first-order valence-electron chi connectivity index (χ1n) is 9.80. The molecule has 0 radical (unpaired) electrons. The first kappa shape index (κ1) is 19.2. The van der Waals surface area contributed by atoms with Gasteiger partial charge < -0.3 is 14.5 Å². The number of Topliss-reactive ketones (excluding diaryl/α,β-unsaturated/α-hetero) is 1. The average molecular weight is 390 g/mol. The zero-order chi connectivity index (χ0) is 20.6. The molecule has 2 aromatic heterocycles. The molecule has 1 N–H and O–H groups in total. The van der Waals surface area contributed by atoms with Crippen molar-refractivity contribution in [1.82, 2.24) is 9.97 Å². The predicted molar refractivity (Wildman–Crippen MR) is 113 cm³/mol. The molecule has 29 heavy (non-hydrogen) atoms. The highest BCUT2D eigenvalue weighted by Crippen LogP contribution is 2.41. The molecule has 5 nitrogen and oxygen atoms in total. The SMILES string of the molecule is COc1cccc(Cc2c(-c3ccncc3)[nH]c3c2C(=O)CC(C)(C)C3)c1OC. The average Bonchev–Trinajstić information content (AvgIpc) is 3.05. The molecular formula is C24H26N2O3. The lowest BCUT2D eigenvalue weighted by molar-refractivity contribution is 0.0911. The van der Waals surface area contributed by atoms with E-state index in [9.17, 15) is 4.79 Å². The first-order valence-corrected chi connectivity index (χ1v) is 9.80. The molecule has 2 heterocycles. The molecule has 0 saturated carbocycles. The van der Waals surface area contributed by atoms with E-state index in [1.165, 1.54) is 0 Å². The maximum absolute atomic E-state index is 13.1. The third-order valence-electron chi connectivity index (χ3n) is 5.58. The van der Waals surface area contributed by atoms with Gasteiger partial charge in [0.05, 0.1) is 19.9 Å². The van der Waals surface area contributed by atoms with Crippen molar-refractivity contribution in [3.63, 3.8) is 0 Å². The number of rotatable bonds is 5. The van der Waals surface area contributed by atoms with Gasteiger partial charge in [-0.2, -0.15) is 0 Å². The zero-order valence-corrected chi connectivity index (χ0v) is 17.3. The van der Waals surface area contributed by atoms with Crippen molar-refractivity contribution in [3.8, 4) is 22.8 Å². The maximum atomic E-state index is 13.1. The molecule has 4 rings (SSSR count). The molecular weight excluding hydrogens is 364 g/mol. The molecule has 0 fully saturated rings. The van der Waals surface area contributed by atoms with Gasteiger partial charge in [0.15, 0.2) is 17.3 Å². The number of carbonyl (C=O) groups is 1. The Morgan fingerprint density at radius 3 is 2.52 bits per heavy atom. The lowest BCUT2D eigenvalue weighted by Gasteiger charge is -2.28. The second-order valence-corrected chi connectivity index (χ2v) is 8.34. The van der Waals surface area contributed by atoms with E-state index in [-0.39, 0.29) is 11.2 Å². The van der Waals surface area contributed by atoms with Crippen LogP contribution < -0.4 is 9.47 Å². The minimum absolute atomic E-state index is 0.0463. The monoisotopic (exact) mass is 390 g/mol. The van der Waals surface area contributed by atoms with Gasteiger partial charge in [-0.15, -0.1) is 0 Å². The van der Waals surface area contributed by atoms with E-state index in [4.69, 9.17) is 9.47 Å². The second-order valence-electron chi connectivity index (χ2n) is 8.34. The summed E-state index contributed by atoms with van der Waals surface area (Å²) in [7, 11) is 3.28. The third-order valence-corrected chi connectivity index (χ3v) is 5.58. The van der Waals surface area contributed by atoms with Crippen molar-refractivity contribution in [2.45, 2.75) is 33.1 Å². The molecule has 1 aromatic carbocycles. The number of hydrogen-bond donors (Lipinski definition) is 1. The standard InChI is InChI=1S/C24H26N2O3/c1-24(2)13-18-21(19(27)14-24)17(22(26-18)15-8-10-25-11-9-15)12-16-6-5-7-20(28-3)23(16)29-4/h5-11,26H,12-14H2,1-4H3. The van der Waals surface area contributed by atoms with Crippen LogP contribution in [-0.2, 0) is 12.8 Å². The highest BCUT2D eigenvalue weighted by atomic mass is 16.5. The minimum Gasteiger partial charge on any atom is -0.493 e.